The highest BCUT2D eigenvalue weighted by Gasteiger charge is 2.38. The first-order valence-electron chi connectivity index (χ1n) is 5.71. The van der Waals surface area contributed by atoms with Crippen LogP contribution in [0.2, 0.25) is 0 Å². The van der Waals surface area contributed by atoms with Gasteiger partial charge in [0.15, 0.2) is 0 Å². The van der Waals surface area contributed by atoms with Gasteiger partial charge < -0.3 is 10.6 Å². The van der Waals surface area contributed by atoms with E-state index in [-0.39, 0.29) is 6.54 Å². The van der Waals surface area contributed by atoms with Gasteiger partial charge in [0.1, 0.15) is 11.6 Å². The minimum absolute atomic E-state index is 0.161. The van der Waals surface area contributed by atoms with Crippen LogP contribution in [-0.4, -0.2) is 24.5 Å². The van der Waals surface area contributed by atoms with E-state index in [0.29, 0.717) is 12.1 Å². The molecule has 0 spiro atoms. The number of hydrogen-bond donors (Lipinski definition) is 2. The zero-order chi connectivity index (χ0) is 16.9. The summed E-state index contributed by atoms with van der Waals surface area (Å²) >= 11 is 0. The van der Waals surface area contributed by atoms with Crippen molar-refractivity contribution in [2.75, 3.05) is 6.54 Å². The van der Waals surface area contributed by atoms with Crippen LogP contribution in [0.25, 0.3) is 0 Å². The summed E-state index contributed by atoms with van der Waals surface area (Å²) in [5.41, 5.74) is -1.19. The lowest BCUT2D eigenvalue weighted by molar-refractivity contribution is -0.173. The Bertz CT molecular complexity index is 611. The molecule has 0 aromatic heterocycles. The van der Waals surface area contributed by atoms with Crippen LogP contribution in [0.4, 0.5) is 22.0 Å². The predicted octanol–water partition coefficient (Wildman–Crippen LogP) is 1.51. The van der Waals surface area contributed by atoms with E-state index in [1.807, 2.05) is 0 Å². The van der Waals surface area contributed by atoms with Gasteiger partial charge in [0.2, 0.25) is 0 Å². The van der Waals surface area contributed by atoms with Crippen LogP contribution < -0.4 is 10.6 Å². The Morgan fingerprint density at radius 2 is 1.68 bits per heavy atom. The molecular weight excluding hydrogens is 311 g/mol. The maximum atomic E-state index is 13.6. The summed E-state index contributed by atoms with van der Waals surface area (Å²) in [6.45, 7) is -1.17. The van der Waals surface area contributed by atoms with Crippen LogP contribution in [0.5, 0.6) is 0 Å². The van der Waals surface area contributed by atoms with Crippen LogP contribution in [0.3, 0.4) is 0 Å². The van der Waals surface area contributed by atoms with E-state index in [1.54, 1.807) is 0 Å². The van der Waals surface area contributed by atoms with Crippen LogP contribution in [0.15, 0.2) is 12.1 Å². The van der Waals surface area contributed by atoms with Crippen molar-refractivity contribution in [3.8, 4) is 12.3 Å². The second-order valence-electron chi connectivity index (χ2n) is 3.99. The molecule has 0 saturated heterocycles. The molecule has 0 unspecified atom stereocenters. The van der Waals surface area contributed by atoms with Gasteiger partial charge in [-0.1, -0.05) is 5.92 Å². The molecule has 0 fully saturated rings. The number of hydrogen-bond acceptors (Lipinski definition) is 2. The summed E-state index contributed by atoms with van der Waals surface area (Å²) in [6.07, 6.45) is -0.268. The number of carbonyl (C=O) groups is 2. The lowest BCUT2D eigenvalue weighted by Gasteiger charge is -2.10. The van der Waals surface area contributed by atoms with Gasteiger partial charge >= 0.3 is 12.1 Å². The van der Waals surface area contributed by atoms with Crippen LogP contribution in [-0.2, 0) is 11.3 Å². The molecule has 1 aromatic rings. The fourth-order valence-electron chi connectivity index (χ4n) is 1.41. The van der Waals surface area contributed by atoms with E-state index in [0.717, 1.165) is 0 Å². The molecular formula is C13H9F5N2O2. The van der Waals surface area contributed by atoms with Gasteiger partial charge in [0.25, 0.3) is 5.91 Å². The van der Waals surface area contributed by atoms with Gasteiger partial charge in [-0.3, -0.25) is 9.59 Å². The molecule has 0 aliphatic heterocycles. The van der Waals surface area contributed by atoms with E-state index in [2.05, 4.69) is 11.2 Å². The number of benzene rings is 1. The van der Waals surface area contributed by atoms with Crippen molar-refractivity contribution < 1.29 is 31.5 Å². The number of amides is 2. The van der Waals surface area contributed by atoms with Crippen LogP contribution >= 0.6 is 0 Å². The molecule has 0 aliphatic rings. The fraction of sp³-hybridized carbons (Fsp3) is 0.231. The molecule has 0 radical (unpaired) electrons. The molecule has 118 valence electrons. The first kappa shape index (κ1) is 17.4. The van der Waals surface area contributed by atoms with E-state index in [1.165, 1.54) is 5.32 Å². The summed E-state index contributed by atoms with van der Waals surface area (Å²) < 4.78 is 63.2. The maximum Gasteiger partial charge on any atom is 0.471 e. The van der Waals surface area contributed by atoms with Crippen molar-refractivity contribution in [3.05, 3.63) is 34.9 Å². The van der Waals surface area contributed by atoms with Gasteiger partial charge in [-0.05, 0) is 12.1 Å². The first-order valence-corrected chi connectivity index (χ1v) is 5.71. The molecule has 4 nitrogen and oxygen atoms in total. The normalized spacial score (nSPS) is 10.7. The lowest BCUT2D eigenvalue weighted by Crippen LogP contribution is -2.36. The number of rotatable bonds is 4. The molecule has 0 saturated carbocycles. The molecule has 9 heteroatoms. The summed E-state index contributed by atoms with van der Waals surface area (Å²) in [5.74, 6) is -3.63. The van der Waals surface area contributed by atoms with Crippen LogP contribution in [0.1, 0.15) is 15.9 Å². The van der Waals surface area contributed by atoms with E-state index >= 15 is 0 Å². The predicted molar refractivity (Wildman–Crippen MR) is 65.4 cm³/mol. The standard InChI is InChI=1S/C13H9F5N2O2/c1-2-3-19-11(21)7-4-9(14)8(10(15)5-7)6-20-12(22)13(16,17)18/h1,4-5H,3,6H2,(H,19,21)(H,20,22). The van der Waals surface area contributed by atoms with Crippen molar-refractivity contribution in [1.82, 2.24) is 10.6 Å². The minimum atomic E-state index is -5.16. The highest BCUT2D eigenvalue weighted by atomic mass is 19.4. The Hall–Kier alpha value is -2.63. The second kappa shape index (κ2) is 6.89. The smallest absolute Gasteiger partial charge is 0.344 e. The van der Waals surface area contributed by atoms with Crippen molar-refractivity contribution >= 4 is 11.8 Å². The molecule has 0 atom stereocenters. The SMILES string of the molecule is C#CCNC(=O)c1cc(F)c(CNC(=O)C(F)(F)F)c(F)c1. The minimum Gasteiger partial charge on any atom is -0.344 e. The third-order valence-corrected chi connectivity index (χ3v) is 2.44. The zero-order valence-corrected chi connectivity index (χ0v) is 10.9. The second-order valence-corrected chi connectivity index (χ2v) is 3.99. The number of nitrogens with one attached hydrogen (secondary N) is 2. The highest BCUT2D eigenvalue weighted by Crippen LogP contribution is 2.18. The molecule has 1 aromatic carbocycles. The molecule has 22 heavy (non-hydrogen) atoms. The average Bonchev–Trinajstić information content (AvgIpc) is 2.42. The average molecular weight is 320 g/mol. The van der Waals surface area contributed by atoms with E-state index in [9.17, 15) is 31.5 Å². The zero-order valence-electron chi connectivity index (χ0n) is 10.9. The summed E-state index contributed by atoms with van der Waals surface area (Å²) in [7, 11) is 0. The fourth-order valence-corrected chi connectivity index (χ4v) is 1.41. The Labute approximate surface area is 121 Å². The third-order valence-electron chi connectivity index (χ3n) is 2.44. The van der Waals surface area contributed by atoms with Gasteiger partial charge in [-0.2, -0.15) is 13.2 Å². The van der Waals surface area contributed by atoms with E-state index in [4.69, 9.17) is 6.42 Å². The maximum absolute atomic E-state index is 13.6. The Kier molecular flexibility index (Phi) is 5.45. The quantitative estimate of drug-likeness (QED) is 0.653. The Morgan fingerprint density at radius 1 is 1.14 bits per heavy atom. The molecule has 2 N–H and O–H groups in total. The third kappa shape index (κ3) is 4.44. The molecule has 1 rings (SSSR count). The van der Waals surface area contributed by atoms with Gasteiger partial charge in [0.05, 0.1) is 6.54 Å². The number of halogens is 5. The van der Waals surface area contributed by atoms with Crippen molar-refractivity contribution in [1.29, 1.82) is 0 Å². The molecule has 2 amide bonds. The van der Waals surface area contributed by atoms with E-state index < -0.39 is 47.3 Å². The van der Waals surface area contributed by atoms with Gasteiger partial charge in [0, 0.05) is 17.7 Å². The number of carbonyl (C=O) groups excluding carboxylic acids is 2. The van der Waals surface area contributed by atoms with Crippen molar-refractivity contribution in [3.63, 3.8) is 0 Å². The monoisotopic (exact) mass is 320 g/mol. The number of alkyl halides is 3. The van der Waals surface area contributed by atoms with Gasteiger partial charge in [-0.15, -0.1) is 6.42 Å². The lowest BCUT2D eigenvalue weighted by atomic mass is 10.1. The largest absolute Gasteiger partial charge is 0.471 e. The van der Waals surface area contributed by atoms with Crippen LogP contribution in [0, 0.1) is 24.0 Å². The van der Waals surface area contributed by atoms with Crippen molar-refractivity contribution in [2.45, 2.75) is 12.7 Å². The van der Waals surface area contributed by atoms with Crippen molar-refractivity contribution in [2.24, 2.45) is 0 Å². The summed E-state index contributed by atoms with van der Waals surface area (Å²) in [5, 5.41) is 3.50. The molecule has 0 bridgehead atoms. The molecule has 0 heterocycles. The van der Waals surface area contributed by atoms with Gasteiger partial charge in [-0.25, -0.2) is 8.78 Å². The summed E-state index contributed by atoms with van der Waals surface area (Å²) in [6, 6.07) is 1.26. The number of terminal acetylenes is 1. The topological polar surface area (TPSA) is 58.2 Å². The Morgan fingerprint density at radius 3 is 2.14 bits per heavy atom. The summed E-state index contributed by atoms with van der Waals surface area (Å²) in [4.78, 5) is 22.0. The first-order chi connectivity index (χ1) is 10.2. The Balaban J connectivity index is 2.89. The molecule has 0 aliphatic carbocycles. The highest BCUT2D eigenvalue weighted by molar-refractivity contribution is 5.94.